The van der Waals surface area contributed by atoms with E-state index in [1.807, 2.05) is 32.0 Å². The standard InChI is InChI=1S/C14H20BrClN2O/c1-3-9(2)13(17)14(19)18-7-6-10-8-11(16)4-5-12(10)15/h4-5,8-9,13H,3,6-7,17H2,1-2H3,(H,18,19). The molecule has 3 nitrogen and oxygen atoms in total. The summed E-state index contributed by atoms with van der Waals surface area (Å²) in [6, 6.07) is 5.19. The number of carbonyl (C=O) groups is 1. The van der Waals surface area contributed by atoms with Crippen molar-refractivity contribution in [2.75, 3.05) is 6.54 Å². The summed E-state index contributed by atoms with van der Waals surface area (Å²) >= 11 is 9.41. The molecule has 0 aliphatic rings. The molecule has 0 heterocycles. The van der Waals surface area contributed by atoms with Crippen LogP contribution >= 0.6 is 27.5 Å². The minimum atomic E-state index is -0.437. The molecular formula is C14H20BrClN2O. The Morgan fingerprint density at radius 2 is 2.21 bits per heavy atom. The first-order chi connectivity index (χ1) is 8.95. The van der Waals surface area contributed by atoms with Crippen molar-refractivity contribution in [2.24, 2.45) is 11.7 Å². The monoisotopic (exact) mass is 346 g/mol. The van der Waals surface area contributed by atoms with E-state index in [0.717, 1.165) is 22.9 Å². The van der Waals surface area contributed by atoms with Crippen molar-refractivity contribution in [1.82, 2.24) is 5.32 Å². The van der Waals surface area contributed by atoms with Crippen molar-refractivity contribution in [3.63, 3.8) is 0 Å². The Morgan fingerprint density at radius 1 is 1.53 bits per heavy atom. The highest BCUT2D eigenvalue weighted by Crippen LogP contribution is 2.21. The minimum Gasteiger partial charge on any atom is -0.354 e. The SMILES string of the molecule is CCC(C)C(N)C(=O)NCCc1cc(Cl)ccc1Br. The van der Waals surface area contributed by atoms with Crippen molar-refractivity contribution in [3.05, 3.63) is 33.3 Å². The molecule has 0 fully saturated rings. The van der Waals surface area contributed by atoms with Crippen LogP contribution in [-0.4, -0.2) is 18.5 Å². The van der Waals surface area contributed by atoms with Crippen LogP contribution in [0.1, 0.15) is 25.8 Å². The van der Waals surface area contributed by atoms with Crippen LogP contribution in [0.15, 0.2) is 22.7 Å². The number of amides is 1. The van der Waals surface area contributed by atoms with Crippen molar-refractivity contribution in [2.45, 2.75) is 32.7 Å². The molecule has 106 valence electrons. The summed E-state index contributed by atoms with van der Waals surface area (Å²) in [5, 5.41) is 3.56. The lowest BCUT2D eigenvalue weighted by Gasteiger charge is -2.17. The van der Waals surface area contributed by atoms with E-state index >= 15 is 0 Å². The van der Waals surface area contributed by atoms with Crippen molar-refractivity contribution < 1.29 is 4.79 Å². The first-order valence-corrected chi connectivity index (χ1v) is 7.60. The first kappa shape index (κ1) is 16.5. The second-order valence-corrected chi connectivity index (χ2v) is 5.98. The van der Waals surface area contributed by atoms with Gasteiger partial charge in [-0.1, -0.05) is 47.8 Å². The molecule has 1 amide bonds. The third-order valence-corrected chi connectivity index (χ3v) is 4.27. The molecular weight excluding hydrogens is 328 g/mol. The zero-order chi connectivity index (χ0) is 14.4. The van der Waals surface area contributed by atoms with E-state index in [2.05, 4.69) is 21.2 Å². The normalized spacial score (nSPS) is 13.9. The molecule has 1 rings (SSSR count). The van der Waals surface area contributed by atoms with E-state index in [4.69, 9.17) is 17.3 Å². The van der Waals surface area contributed by atoms with Gasteiger partial charge < -0.3 is 11.1 Å². The largest absolute Gasteiger partial charge is 0.354 e. The Kier molecular flexibility index (Phi) is 6.83. The van der Waals surface area contributed by atoms with E-state index < -0.39 is 6.04 Å². The van der Waals surface area contributed by atoms with E-state index in [0.29, 0.717) is 11.6 Å². The second kappa shape index (κ2) is 7.88. The fourth-order valence-corrected chi connectivity index (χ4v) is 2.33. The highest BCUT2D eigenvalue weighted by atomic mass is 79.9. The Morgan fingerprint density at radius 3 is 2.84 bits per heavy atom. The van der Waals surface area contributed by atoms with Gasteiger partial charge in [0.25, 0.3) is 0 Å². The highest BCUT2D eigenvalue weighted by molar-refractivity contribution is 9.10. The van der Waals surface area contributed by atoms with Gasteiger partial charge in [0.2, 0.25) is 5.91 Å². The van der Waals surface area contributed by atoms with Crippen molar-refractivity contribution >= 4 is 33.4 Å². The van der Waals surface area contributed by atoms with Crippen LogP contribution in [0.25, 0.3) is 0 Å². The predicted octanol–water partition coefficient (Wildman–Crippen LogP) is 3.13. The smallest absolute Gasteiger partial charge is 0.237 e. The van der Waals surface area contributed by atoms with Crippen LogP contribution in [-0.2, 0) is 11.2 Å². The maximum atomic E-state index is 11.8. The molecule has 19 heavy (non-hydrogen) atoms. The molecule has 1 aromatic carbocycles. The number of nitrogens with one attached hydrogen (secondary N) is 1. The molecule has 0 radical (unpaired) electrons. The second-order valence-electron chi connectivity index (χ2n) is 4.69. The van der Waals surface area contributed by atoms with E-state index in [1.54, 1.807) is 0 Å². The van der Waals surface area contributed by atoms with Gasteiger partial charge in [-0.05, 0) is 36.1 Å². The van der Waals surface area contributed by atoms with Gasteiger partial charge in [0.1, 0.15) is 0 Å². The van der Waals surface area contributed by atoms with E-state index in [9.17, 15) is 4.79 Å². The third-order valence-electron chi connectivity index (χ3n) is 3.26. The van der Waals surface area contributed by atoms with Crippen molar-refractivity contribution in [3.8, 4) is 0 Å². The fourth-order valence-electron chi connectivity index (χ4n) is 1.69. The zero-order valence-corrected chi connectivity index (χ0v) is 13.6. The van der Waals surface area contributed by atoms with E-state index in [-0.39, 0.29) is 11.8 Å². The summed E-state index contributed by atoms with van der Waals surface area (Å²) in [7, 11) is 0. The number of hydrogen-bond donors (Lipinski definition) is 2. The van der Waals surface area contributed by atoms with Gasteiger partial charge in [-0.15, -0.1) is 0 Å². The Balaban J connectivity index is 2.46. The van der Waals surface area contributed by atoms with Gasteiger partial charge in [0, 0.05) is 16.0 Å². The molecule has 3 N–H and O–H groups in total. The summed E-state index contributed by atoms with van der Waals surface area (Å²) in [5.41, 5.74) is 6.94. The third kappa shape index (κ3) is 5.13. The zero-order valence-electron chi connectivity index (χ0n) is 11.2. The molecule has 2 atom stereocenters. The van der Waals surface area contributed by atoms with Crippen LogP contribution in [0.2, 0.25) is 5.02 Å². The van der Waals surface area contributed by atoms with Crippen LogP contribution in [0.4, 0.5) is 0 Å². The molecule has 0 saturated heterocycles. The average Bonchev–Trinajstić information content (AvgIpc) is 2.40. The molecule has 2 unspecified atom stereocenters. The summed E-state index contributed by atoms with van der Waals surface area (Å²) in [6.45, 7) is 4.57. The van der Waals surface area contributed by atoms with Crippen LogP contribution in [0, 0.1) is 5.92 Å². The molecule has 0 aliphatic carbocycles. The van der Waals surface area contributed by atoms with Crippen molar-refractivity contribution in [1.29, 1.82) is 0 Å². The van der Waals surface area contributed by atoms with E-state index in [1.165, 1.54) is 0 Å². The summed E-state index contributed by atoms with van der Waals surface area (Å²) in [5.74, 6) is 0.102. The van der Waals surface area contributed by atoms with Crippen LogP contribution in [0.3, 0.4) is 0 Å². The Bertz CT molecular complexity index is 439. The molecule has 0 bridgehead atoms. The van der Waals surface area contributed by atoms with Gasteiger partial charge in [0.05, 0.1) is 6.04 Å². The minimum absolute atomic E-state index is 0.0903. The molecule has 0 aliphatic heterocycles. The Hall–Kier alpha value is -0.580. The molecule has 5 heteroatoms. The lowest BCUT2D eigenvalue weighted by molar-refractivity contribution is -0.123. The number of benzene rings is 1. The lowest BCUT2D eigenvalue weighted by atomic mass is 9.99. The molecule has 1 aromatic rings. The number of halogens is 2. The Labute approximate surface area is 128 Å². The number of rotatable bonds is 6. The maximum Gasteiger partial charge on any atom is 0.237 e. The maximum absolute atomic E-state index is 11.8. The lowest BCUT2D eigenvalue weighted by Crippen LogP contribution is -2.45. The number of nitrogens with two attached hydrogens (primary N) is 1. The fraction of sp³-hybridized carbons (Fsp3) is 0.500. The van der Waals surface area contributed by atoms with Crippen LogP contribution in [0.5, 0.6) is 0 Å². The highest BCUT2D eigenvalue weighted by Gasteiger charge is 2.18. The van der Waals surface area contributed by atoms with Gasteiger partial charge in [-0.25, -0.2) is 0 Å². The number of hydrogen-bond acceptors (Lipinski definition) is 2. The quantitative estimate of drug-likeness (QED) is 0.830. The van der Waals surface area contributed by atoms with Gasteiger partial charge >= 0.3 is 0 Å². The summed E-state index contributed by atoms with van der Waals surface area (Å²) < 4.78 is 0.998. The summed E-state index contributed by atoms with van der Waals surface area (Å²) in [4.78, 5) is 11.8. The molecule has 0 spiro atoms. The van der Waals surface area contributed by atoms with Gasteiger partial charge in [-0.2, -0.15) is 0 Å². The summed E-state index contributed by atoms with van der Waals surface area (Å²) in [6.07, 6.45) is 1.62. The topological polar surface area (TPSA) is 55.1 Å². The van der Waals surface area contributed by atoms with Crippen LogP contribution < -0.4 is 11.1 Å². The predicted molar refractivity (Wildman–Crippen MR) is 83.3 cm³/mol. The first-order valence-electron chi connectivity index (χ1n) is 6.43. The van der Waals surface area contributed by atoms with Gasteiger partial charge in [-0.3, -0.25) is 4.79 Å². The molecule has 0 saturated carbocycles. The average molecular weight is 348 g/mol. The molecule has 0 aromatic heterocycles. The van der Waals surface area contributed by atoms with Gasteiger partial charge in [0.15, 0.2) is 0 Å². The number of carbonyl (C=O) groups excluding carboxylic acids is 1.